The minimum absolute atomic E-state index is 0.000626. The molecule has 0 aliphatic carbocycles. The van der Waals surface area contributed by atoms with Gasteiger partial charge < -0.3 is 10.2 Å². The van der Waals surface area contributed by atoms with Crippen molar-refractivity contribution in [3.8, 4) is 0 Å². The highest BCUT2D eigenvalue weighted by molar-refractivity contribution is 5.94. The number of carbonyl (C=O) groups is 2. The third-order valence-electron chi connectivity index (χ3n) is 5.57. The normalized spacial score (nSPS) is 14.5. The summed E-state index contributed by atoms with van der Waals surface area (Å²) in [7, 11) is 0. The molecule has 1 aliphatic heterocycles. The van der Waals surface area contributed by atoms with Crippen LogP contribution in [0.25, 0.3) is 0 Å². The molecule has 1 fully saturated rings. The second-order valence-corrected chi connectivity index (χ2v) is 7.57. The summed E-state index contributed by atoms with van der Waals surface area (Å²) in [5.41, 5.74) is 2.56. The van der Waals surface area contributed by atoms with Crippen molar-refractivity contribution in [2.24, 2.45) is 0 Å². The van der Waals surface area contributed by atoms with Gasteiger partial charge in [-0.25, -0.2) is 0 Å². The highest BCUT2D eigenvalue weighted by atomic mass is 16.2. The van der Waals surface area contributed by atoms with Crippen molar-refractivity contribution in [2.75, 3.05) is 13.1 Å². The summed E-state index contributed by atoms with van der Waals surface area (Å²) in [5, 5.41) is 3.23. The van der Waals surface area contributed by atoms with Gasteiger partial charge in [0, 0.05) is 31.5 Å². The zero-order valence-electron chi connectivity index (χ0n) is 16.8. The van der Waals surface area contributed by atoms with Crippen molar-refractivity contribution in [2.45, 2.75) is 24.8 Å². The molecule has 1 N–H and O–H groups in total. The Kier molecular flexibility index (Phi) is 6.18. The lowest BCUT2D eigenvalue weighted by molar-refractivity contribution is -0.122. The van der Waals surface area contributed by atoms with Crippen LogP contribution in [0.5, 0.6) is 0 Å². The Morgan fingerprint density at radius 3 is 2.00 bits per heavy atom. The zero-order chi connectivity index (χ0) is 20.8. The summed E-state index contributed by atoms with van der Waals surface area (Å²) in [4.78, 5) is 31.7. The summed E-state index contributed by atoms with van der Waals surface area (Å²) in [5.74, 6) is -0.341. The van der Waals surface area contributed by atoms with Gasteiger partial charge in [-0.05, 0) is 36.1 Å². The van der Waals surface area contributed by atoms with Crippen molar-refractivity contribution in [1.82, 2.24) is 15.2 Å². The molecule has 0 spiro atoms. The molecule has 0 bridgehead atoms. The molecule has 0 saturated carbocycles. The predicted octanol–water partition coefficient (Wildman–Crippen LogP) is 3.63. The Hall–Kier alpha value is -3.47. The number of nitrogens with one attached hydrogen (secondary N) is 1. The number of carbonyl (C=O) groups excluding carboxylic acids is 2. The highest BCUT2D eigenvalue weighted by Gasteiger charge is 2.28. The number of benzene rings is 2. The van der Waals surface area contributed by atoms with Crippen LogP contribution in [-0.4, -0.2) is 40.8 Å². The van der Waals surface area contributed by atoms with E-state index < -0.39 is 0 Å². The first-order chi connectivity index (χ1) is 14.7. The largest absolute Gasteiger partial charge is 0.352 e. The van der Waals surface area contributed by atoms with Gasteiger partial charge in [0.25, 0.3) is 5.91 Å². The van der Waals surface area contributed by atoms with Crippen molar-refractivity contribution < 1.29 is 9.59 Å². The van der Waals surface area contributed by atoms with Crippen LogP contribution in [0.3, 0.4) is 0 Å². The molecule has 0 radical (unpaired) electrons. The van der Waals surface area contributed by atoms with E-state index in [0.29, 0.717) is 18.7 Å². The van der Waals surface area contributed by atoms with Gasteiger partial charge >= 0.3 is 0 Å². The number of likely N-dealkylation sites (tertiary alicyclic amines) is 1. The Labute approximate surface area is 176 Å². The fraction of sp³-hybridized carbons (Fsp3) is 0.240. The number of rotatable bonds is 5. The van der Waals surface area contributed by atoms with E-state index in [4.69, 9.17) is 0 Å². The maximum Gasteiger partial charge on any atom is 0.255 e. The highest BCUT2D eigenvalue weighted by Crippen LogP contribution is 2.25. The van der Waals surface area contributed by atoms with Crippen LogP contribution in [-0.2, 0) is 4.79 Å². The minimum atomic E-state index is -0.345. The number of aromatic nitrogens is 1. The van der Waals surface area contributed by atoms with Gasteiger partial charge in [0.15, 0.2) is 0 Å². The standard InChI is InChI=1S/C25H25N3O2/c29-24(23(19-8-3-1-4-9-19)20-10-5-2-6-11-20)27-22-13-16-28(17-14-22)25(30)21-12-7-15-26-18-21/h1-12,15,18,22-23H,13-14,16-17H2,(H,27,29). The maximum atomic E-state index is 13.2. The molecule has 2 heterocycles. The monoisotopic (exact) mass is 399 g/mol. The van der Waals surface area contributed by atoms with Crippen molar-refractivity contribution >= 4 is 11.8 Å². The van der Waals surface area contributed by atoms with Gasteiger partial charge in [-0.3, -0.25) is 14.6 Å². The van der Waals surface area contributed by atoms with Crippen LogP contribution in [0.15, 0.2) is 85.2 Å². The lowest BCUT2D eigenvalue weighted by Crippen LogP contribution is -2.47. The molecule has 1 aromatic heterocycles. The summed E-state index contributed by atoms with van der Waals surface area (Å²) in [6, 6.07) is 23.3. The van der Waals surface area contributed by atoms with Gasteiger partial charge in [0.2, 0.25) is 5.91 Å². The Bertz CT molecular complexity index is 930. The topological polar surface area (TPSA) is 62.3 Å². The van der Waals surface area contributed by atoms with E-state index in [2.05, 4.69) is 10.3 Å². The third kappa shape index (κ3) is 4.57. The van der Waals surface area contributed by atoms with Crippen LogP contribution in [0, 0.1) is 0 Å². The maximum absolute atomic E-state index is 13.2. The first-order valence-corrected chi connectivity index (χ1v) is 10.3. The molecule has 2 aromatic carbocycles. The van der Waals surface area contributed by atoms with Gasteiger partial charge in [-0.15, -0.1) is 0 Å². The average molecular weight is 399 g/mol. The number of hydrogen-bond donors (Lipinski definition) is 1. The van der Waals surface area contributed by atoms with E-state index in [0.717, 1.165) is 24.0 Å². The van der Waals surface area contributed by atoms with Crippen molar-refractivity contribution in [1.29, 1.82) is 0 Å². The van der Waals surface area contributed by atoms with Crippen LogP contribution in [0.4, 0.5) is 0 Å². The second kappa shape index (κ2) is 9.35. The lowest BCUT2D eigenvalue weighted by atomic mass is 9.90. The number of piperidine rings is 1. The van der Waals surface area contributed by atoms with Gasteiger partial charge in [0.05, 0.1) is 11.5 Å². The van der Waals surface area contributed by atoms with Crippen molar-refractivity contribution in [3.05, 3.63) is 102 Å². The number of pyridine rings is 1. The molecular formula is C25H25N3O2. The molecule has 0 unspecified atom stereocenters. The first-order valence-electron chi connectivity index (χ1n) is 10.3. The Balaban J connectivity index is 1.41. The first kappa shape index (κ1) is 19.8. The third-order valence-corrected chi connectivity index (χ3v) is 5.57. The zero-order valence-corrected chi connectivity index (χ0v) is 16.8. The van der Waals surface area contributed by atoms with E-state index in [1.54, 1.807) is 24.5 Å². The molecule has 1 aliphatic rings. The molecule has 152 valence electrons. The smallest absolute Gasteiger partial charge is 0.255 e. The van der Waals surface area contributed by atoms with E-state index in [9.17, 15) is 9.59 Å². The predicted molar refractivity (Wildman–Crippen MR) is 116 cm³/mol. The van der Waals surface area contributed by atoms with Crippen LogP contribution < -0.4 is 5.32 Å². The molecule has 5 nitrogen and oxygen atoms in total. The minimum Gasteiger partial charge on any atom is -0.352 e. The average Bonchev–Trinajstić information content (AvgIpc) is 2.81. The molecule has 30 heavy (non-hydrogen) atoms. The van der Waals surface area contributed by atoms with Crippen molar-refractivity contribution in [3.63, 3.8) is 0 Å². The van der Waals surface area contributed by atoms with Gasteiger partial charge in [-0.1, -0.05) is 60.7 Å². The number of nitrogens with zero attached hydrogens (tertiary/aromatic N) is 2. The number of amides is 2. The molecule has 5 heteroatoms. The van der Waals surface area contributed by atoms with Crippen LogP contribution >= 0.6 is 0 Å². The van der Waals surface area contributed by atoms with Gasteiger partial charge in [-0.2, -0.15) is 0 Å². The summed E-state index contributed by atoms with van der Waals surface area (Å²) < 4.78 is 0. The Morgan fingerprint density at radius 1 is 0.867 bits per heavy atom. The summed E-state index contributed by atoms with van der Waals surface area (Å²) in [6.07, 6.45) is 4.75. The van der Waals surface area contributed by atoms with E-state index in [1.807, 2.05) is 65.6 Å². The fourth-order valence-electron chi connectivity index (χ4n) is 3.97. The number of hydrogen-bond acceptors (Lipinski definition) is 3. The van der Waals surface area contributed by atoms with Gasteiger partial charge in [0.1, 0.15) is 0 Å². The van der Waals surface area contributed by atoms with Crippen LogP contribution in [0.1, 0.15) is 40.2 Å². The quantitative estimate of drug-likeness (QED) is 0.713. The summed E-state index contributed by atoms with van der Waals surface area (Å²) >= 11 is 0. The Morgan fingerprint density at radius 2 is 1.47 bits per heavy atom. The molecule has 1 saturated heterocycles. The molecule has 2 amide bonds. The fourth-order valence-corrected chi connectivity index (χ4v) is 3.97. The van der Waals surface area contributed by atoms with E-state index in [1.165, 1.54) is 0 Å². The lowest BCUT2D eigenvalue weighted by Gasteiger charge is -2.33. The van der Waals surface area contributed by atoms with E-state index in [-0.39, 0.29) is 23.8 Å². The van der Waals surface area contributed by atoms with E-state index >= 15 is 0 Å². The molecule has 4 rings (SSSR count). The summed E-state index contributed by atoms with van der Waals surface area (Å²) in [6.45, 7) is 1.25. The van der Waals surface area contributed by atoms with Crippen LogP contribution in [0.2, 0.25) is 0 Å². The SMILES string of the molecule is O=C(NC1CCN(C(=O)c2cccnc2)CC1)C(c1ccccc1)c1ccccc1. The molecule has 3 aromatic rings. The second-order valence-electron chi connectivity index (χ2n) is 7.57. The molecule has 0 atom stereocenters. The molecular weight excluding hydrogens is 374 g/mol.